The van der Waals surface area contributed by atoms with E-state index >= 15 is 0 Å². The second-order valence-corrected chi connectivity index (χ2v) is 5.40. The van der Waals surface area contributed by atoms with Crippen LogP contribution in [0, 0.1) is 0 Å². The summed E-state index contributed by atoms with van der Waals surface area (Å²) in [4.78, 5) is 6.55. The third-order valence-corrected chi connectivity index (χ3v) is 4.04. The Hall–Kier alpha value is -1.87. The molecule has 0 spiro atoms. The molecule has 2 heterocycles. The van der Waals surface area contributed by atoms with Crippen molar-refractivity contribution in [2.45, 2.75) is 25.3 Å². The molecular formula is C17H21N3. The molecule has 0 radical (unpaired) electrons. The van der Waals surface area contributed by atoms with Gasteiger partial charge in [-0.2, -0.15) is 0 Å². The minimum absolute atomic E-state index is 0.178. The van der Waals surface area contributed by atoms with Crippen molar-refractivity contribution in [3.05, 3.63) is 59.9 Å². The molecule has 1 aromatic heterocycles. The van der Waals surface area contributed by atoms with Crippen LogP contribution in [-0.2, 0) is 6.42 Å². The Bertz CT molecular complexity index is 553. The Morgan fingerprint density at radius 3 is 2.80 bits per heavy atom. The summed E-state index contributed by atoms with van der Waals surface area (Å²) in [5.74, 6) is 0. The quantitative estimate of drug-likeness (QED) is 0.929. The number of nitrogens with two attached hydrogens (primary N) is 1. The van der Waals surface area contributed by atoms with E-state index in [4.69, 9.17) is 5.73 Å². The average Bonchev–Trinajstić information content (AvgIpc) is 2.66. The van der Waals surface area contributed by atoms with Gasteiger partial charge in [-0.25, -0.2) is 0 Å². The molecule has 1 aliphatic heterocycles. The van der Waals surface area contributed by atoms with Crippen LogP contribution < -0.4 is 10.6 Å². The van der Waals surface area contributed by atoms with Gasteiger partial charge in [0.05, 0.1) is 0 Å². The zero-order valence-corrected chi connectivity index (χ0v) is 11.7. The molecule has 1 atom stereocenters. The summed E-state index contributed by atoms with van der Waals surface area (Å²) in [5.41, 5.74) is 10.2. The molecule has 0 saturated heterocycles. The van der Waals surface area contributed by atoms with Gasteiger partial charge in [0, 0.05) is 37.2 Å². The molecule has 0 saturated carbocycles. The lowest BCUT2D eigenvalue weighted by atomic mass is 10.0. The number of hydrogen-bond acceptors (Lipinski definition) is 3. The normalized spacial score (nSPS) is 18.4. The Balaban J connectivity index is 1.77. The van der Waals surface area contributed by atoms with E-state index in [1.54, 1.807) is 0 Å². The van der Waals surface area contributed by atoms with Crippen LogP contribution in [0.3, 0.4) is 0 Å². The molecule has 3 rings (SSSR count). The second kappa shape index (κ2) is 6.06. The summed E-state index contributed by atoms with van der Waals surface area (Å²) in [7, 11) is 0. The third-order valence-electron chi connectivity index (χ3n) is 4.04. The van der Waals surface area contributed by atoms with E-state index in [9.17, 15) is 0 Å². The van der Waals surface area contributed by atoms with Crippen LogP contribution >= 0.6 is 0 Å². The standard InChI is InChI=1S/C17H21N3/c18-16-5-3-12-20(17-6-2-1-4-15(16)17)13-9-14-7-10-19-11-8-14/h1-2,4,6-8,10-11,16H,3,5,9,12-13,18H2. The highest BCUT2D eigenvalue weighted by Gasteiger charge is 2.19. The average molecular weight is 267 g/mol. The molecule has 2 N–H and O–H groups in total. The topological polar surface area (TPSA) is 42.1 Å². The van der Waals surface area contributed by atoms with Crippen LogP contribution in [0.1, 0.15) is 30.0 Å². The van der Waals surface area contributed by atoms with Gasteiger partial charge in [0.2, 0.25) is 0 Å². The molecule has 2 aromatic rings. The van der Waals surface area contributed by atoms with Crippen LogP contribution in [0.15, 0.2) is 48.8 Å². The zero-order valence-electron chi connectivity index (χ0n) is 11.7. The van der Waals surface area contributed by atoms with Gasteiger partial charge in [0.1, 0.15) is 0 Å². The van der Waals surface area contributed by atoms with Gasteiger partial charge >= 0.3 is 0 Å². The van der Waals surface area contributed by atoms with Crippen LogP contribution in [0.5, 0.6) is 0 Å². The summed E-state index contributed by atoms with van der Waals surface area (Å²) in [5, 5.41) is 0. The minimum Gasteiger partial charge on any atom is -0.371 e. The van der Waals surface area contributed by atoms with E-state index < -0.39 is 0 Å². The summed E-state index contributed by atoms with van der Waals surface area (Å²) in [6, 6.07) is 12.9. The van der Waals surface area contributed by atoms with Gasteiger partial charge < -0.3 is 10.6 Å². The third kappa shape index (κ3) is 2.83. The van der Waals surface area contributed by atoms with Crippen molar-refractivity contribution in [3.8, 4) is 0 Å². The van der Waals surface area contributed by atoms with E-state index in [1.807, 2.05) is 12.4 Å². The second-order valence-electron chi connectivity index (χ2n) is 5.40. The van der Waals surface area contributed by atoms with E-state index in [1.165, 1.54) is 16.8 Å². The van der Waals surface area contributed by atoms with E-state index in [0.29, 0.717) is 0 Å². The highest BCUT2D eigenvalue weighted by atomic mass is 15.1. The fraction of sp³-hybridized carbons (Fsp3) is 0.353. The first-order chi connectivity index (χ1) is 9.84. The number of aromatic nitrogens is 1. The minimum atomic E-state index is 0.178. The number of pyridine rings is 1. The fourth-order valence-corrected chi connectivity index (χ4v) is 2.91. The van der Waals surface area contributed by atoms with Crippen molar-refractivity contribution in [1.29, 1.82) is 0 Å². The van der Waals surface area contributed by atoms with Gasteiger partial charge in [-0.15, -0.1) is 0 Å². The number of hydrogen-bond donors (Lipinski definition) is 1. The Kier molecular flexibility index (Phi) is 3.97. The number of para-hydroxylation sites is 1. The number of fused-ring (bicyclic) bond motifs is 1. The highest BCUT2D eigenvalue weighted by Crippen LogP contribution is 2.31. The predicted molar refractivity (Wildman–Crippen MR) is 82.8 cm³/mol. The van der Waals surface area contributed by atoms with Crippen LogP contribution in [0.2, 0.25) is 0 Å². The van der Waals surface area contributed by atoms with Crippen molar-refractivity contribution in [3.63, 3.8) is 0 Å². The smallest absolute Gasteiger partial charge is 0.0414 e. The molecular weight excluding hydrogens is 246 g/mol. The predicted octanol–water partition coefficient (Wildman–Crippen LogP) is 2.92. The maximum absolute atomic E-state index is 6.28. The molecule has 0 aliphatic carbocycles. The highest BCUT2D eigenvalue weighted by molar-refractivity contribution is 5.55. The Labute approximate surface area is 120 Å². The van der Waals surface area contributed by atoms with E-state index in [-0.39, 0.29) is 6.04 Å². The van der Waals surface area contributed by atoms with Gasteiger partial charge in [0.15, 0.2) is 0 Å². The number of rotatable bonds is 3. The van der Waals surface area contributed by atoms with Crippen LogP contribution in [-0.4, -0.2) is 18.1 Å². The summed E-state index contributed by atoms with van der Waals surface area (Å²) in [6.07, 6.45) is 7.00. The van der Waals surface area contributed by atoms with Crippen LogP contribution in [0.4, 0.5) is 5.69 Å². The molecule has 1 unspecified atom stereocenters. The van der Waals surface area contributed by atoms with E-state index in [2.05, 4.69) is 46.3 Å². The molecule has 1 aromatic carbocycles. The summed E-state index contributed by atoms with van der Waals surface area (Å²) in [6.45, 7) is 2.13. The SMILES string of the molecule is NC1CCCN(CCc2ccncc2)c2ccccc21. The molecule has 0 amide bonds. The first-order valence-corrected chi connectivity index (χ1v) is 7.33. The lowest BCUT2D eigenvalue weighted by molar-refractivity contribution is 0.626. The molecule has 104 valence electrons. The van der Waals surface area contributed by atoms with Gasteiger partial charge in [-0.05, 0) is 48.6 Å². The first-order valence-electron chi connectivity index (χ1n) is 7.33. The number of nitrogens with zero attached hydrogens (tertiary/aromatic N) is 2. The largest absolute Gasteiger partial charge is 0.371 e. The molecule has 0 fully saturated rings. The summed E-state index contributed by atoms with van der Waals surface area (Å²) >= 11 is 0. The van der Waals surface area contributed by atoms with Gasteiger partial charge in [-0.3, -0.25) is 4.98 Å². The number of anilines is 1. The molecule has 0 bridgehead atoms. The monoisotopic (exact) mass is 267 g/mol. The van der Waals surface area contributed by atoms with Crippen molar-refractivity contribution in [2.75, 3.05) is 18.0 Å². The maximum Gasteiger partial charge on any atom is 0.0414 e. The van der Waals surface area contributed by atoms with Crippen molar-refractivity contribution < 1.29 is 0 Å². The molecule has 3 heteroatoms. The maximum atomic E-state index is 6.28. The van der Waals surface area contributed by atoms with Gasteiger partial charge in [0.25, 0.3) is 0 Å². The first kappa shape index (κ1) is 13.1. The zero-order chi connectivity index (χ0) is 13.8. The van der Waals surface area contributed by atoms with Crippen LogP contribution in [0.25, 0.3) is 0 Å². The number of benzene rings is 1. The fourth-order valence-electron chi connectivity index (χ4n) is 2.91. The van der Waals surface area contributed by atoms with Crippen molar-refractivity contribution >= 4 is 5.69 Å². The van der Waals surface area contributed by atoms with E-state index in [0.717, 1.165) is 32.4 Å². The lowest BCUT2D eigenvalue weighted by Crippen LogP contribution is -2.26. The molecule has 1 aliphatic rings. The van der Waals surface area contributed by atoms with Gasteiger partial charge in [-0.1, -0.05) is 18.2 Å². The van der Waals surface area contributed by atoms with Crippen molar-refractivity contribution in [2.24, 2.45) is 5.73 Å². The molecule has 20 heavy (non-hydrogen) atoms. The Morgan fingerprint density at radius 1 is 1.15 bits per heavy atom. The Morgan fingerprint density at radius 2 is 1.95 bits per heavy atom. The van der Waals surface area contributed by atoms with Crippen molar-refractivity contribution in [1.82, 2.24) is 4.98 Å². The summed E-state index contributed by atoms with van der Waals surface area (Å²) < 4.78 is 0. The molecule has 3 nitrogen and oxygen atoms in total. The lowest BCUT2D eigenvalue weighted by Gasteiger charge is -2.25.